The third-order valence-corrected chi connectivity index (χ3v) is 6.77. The second-order valence-electron chi connectivity index (χ2n) is 8.37. The van der Waals surface area contributed by atoms with Crippen molar-refractivity contribution < 1.29 is 19.1 Å². The van der Waals surface area contributed by atoms with Crippen molar-refractivity contribution in [3.05, 3.63) is 95.6 Å². The highest BCUT2D eigenvalue weighted by molar-refractivity contribution is 6.32. The van der Waals surface area contributed by atoms with E-state index in [0.29, 0.717) is 17.0 Å². The number of anilines is 1. The van der Waals surface area contributed by atoms with E-state index in [0.717, 1.165) is 11.1 Å². The maximum absolute atomic E-state index is 14.0. The molecule has 1 aliphatic carbocycles. The predicted molar refractivity (Wildman–Crippen MR) is 121 cm³/mol. The molecule has 1 heterocycles. The van der Waals surface area contributed by atoms with Crippen LogP contribution in [0.3, 0.4) is 0 Å². The maximum atomic E-state index is 14.0. The largest absolute Gasteiger partial charge is 0.497 e. The van der Waals surface area contributed by atoms with Crippen LogP contribution in [0, 0.1) is 0 Å². The zero-order valence-corrected chi connectivity index (χ0v) is 17.9. The molecule has 1 fully saturated rings. The molecule has 3 aromatic carbocycles. The highest BCUT2D eigenvalue weighted by atomic mass is 16.5. The summed E-state index contributed by atoms with van der Waals surface area (Å²) in [6, 6.07) is 24.2. The normalized spacial score (nSPS) is 24.1. The van der Waals surface area contributed by atoms with E-state index in [1.807, 2.05) is 54.6 Å². The molecule has 0 unspecified atom stereocenters. The van der Waals surface area contributed by atoms with Gasteiger partial charge in [-0.2, -0.15) is 0 Å². The van der Waals surface area contributed by atoms with Crippen molar-refractivity contribution in [1.82, 2.24) is 0 Å². The Kier molecular flexibility index (Phi) is 4.70. The van der Waals surface area contributed by atoms with Gasteiger partial charge in [0.05, 0.1) is 12.8 Å². The number of hydrogen-bond donors (Lipinski definition) is 0. The number of hydrogen-bond acceptors (Lipinski definition) is 4. The molecule has 5 rings (SSSR count). The van der Waals surface area contributed by atoms with Crippen molar-refractivity contribution in [2.75, 3.05) is 12.0 Å². The van der Waals surface area contributed by atoms with Crippen molar-refractivity contribution in [3.8, 4) is 5.75 Å². The van der Waals surface area contributed by atoms with Gasteiger partial charge < -0.3 is 4.74 Å². The number of benzene rings is 3. The molecule has 2 aliphatic rings. The third-order valence-electron chi connectivity index (χ3n) is 6.77. The molecule has 1 spiro atoms. The van der Waals surface area contributed by atoms with E-state index in [4.69, 9.17) is 4.74 Å². The van der Waals surface area contributed by atoms with Gasteiger partial charge in [-0.05, 0) is 35.4 Å². The highest BCUT2D eigenvalue weighted by Crippen LogP contribution is 2.58. The molecule has 0 N–H and O–H groups in total. The van der Waals surface area contributed by atoms with Gasteiger partial charge in [0.25, 0.3) is 0 Å². The lowest BCUT2D eigenvalue weighted by Crippen LogP contribution is -2.59. The van der Waals surface area contributed by atoms with Crippen LogP contribution in [0.2, 0.25) is 0 Å². The summed E-state index contributed by atoms with van der Waals surface area (Å²) in [4.78, 5) is 42.3. The van der Waals surface area contributed by atoms with Gasteiger partial charge in [-0.25, -0.2) is 0 Å². The number of nitrogens with zero attached hydrogens (tertiary/aromatic N) is 1. The fraction of sp³-hybridized carbons (Fsp3) is 0.222. The molecule has 160 valence electrons. The lowest BCUT2D eigenvalue weighted by molar-refractivity contribution is -0.125. The van der Waals surface area contributed by atoms with Crippen molar-refractivity contribution in [2.45, 2.75) is 30.7 Å². The van der Waals surface area contributed by atoms with Crippen LogP contribution in [0.25, 0.3) is 0 Å². The van der Waals surface area contributed by atoms with Gasteiger partial charge in [0.15, 0.2) is 17.1 Å². The number of ether oxygens (including phenoxy) is 1. The number of Topliss-reactive ketones (excluding diaryl/α,β-unsaturated/α-hetero) is 2. The molecular weight excluding hydrogens is 402 g/mol. The molecule has 32 heavy (non-hydrogen) atoms. The zero-order chi connectivity index (χ0) is 22.5. The molecule has 5 nitrogen and oxygen atoms in total. The second kappa shape index (κ2) is 7.45. The summed E-state index contributed by atoms with van der Waals surface area (Å²) in [5.41, 5.74) is 1.08. The Morgan fingerprint density at radius 3 is 2.34 bits per heavy atom. The minimum atomic E-state index is -1.61. The van der Waals surface area contributed by atoms with Crippen LogP contribution >= 0.6 is 0 Å². The number of methoxy groups -OCH3 is 1. The van der Waals surface area contributed by atoms with Gasteiger partial charge in [-0.1, -0.05) is 54.6 Å². The molecule has 3 aromatic rings. The average Bonchev–Trinajstić information content (AvgIpc) is 3.27. The van der Waals surface area contributed by atoms with E-state index in [1.165, 1.54) is 11.8 Å². The monoisotopic (exact) mass is 425 g/mol. The Bertz CT molecular complexity index is 1240. The summed E-state index contributed by atoms with van der Waals surface area (Å²) in [5.74, 6) is -1.01. The molecule has 0 aromatic heterocycles. The first-order valence-corrected chi connectivity index (χ1v) is 10.7. The lowest BCUT2D eigenvalue weighted by atomic mass is 9.73. The van der Waals surface area contributed by atoms with Crippen molar-refractivity contribution in [2.24, 2.45) is 0 Å². The molecule has 1 amide bonds. The number of fused-ring (bicyclic) bond motifs is 1. The van der Waals surface area contributed by atoms with Gasteiger partial charge >= 0.3 is 0 Å². The fourth-order valence-electron chi connectivity index (χ4n) is 5.56. The Labute approximate surface area is 186 Å². The van der Waals surface area contributed by atoms with Crippen LogP contribution in [-0.4, -0.2) is 30.1 Å². The number of para-hydroxylation sites is 1. The van der Waals surface area contributed by atoms with E-state index in [9.17, 15) is 14.4 Å². The van der Waals surface area contributed by atoms with E-state index >= 15 is 0 Å². The number of ketones is 2. The number of carbonyl (C=O) groups is 3. The Balaban J connectivity index is 1.80. The lowest BCUT2D eigenvalue weighted by Gasteiger charge is -2.38. The number of amides is 1. The van der Waals surface area contributed by atoms with Gasteiger partial charge in [-0.3, -0.25) is 19.3 Å². The van der Waals surface area contributed by atoms with Gasteiger partial charge in [0.2, 0.25) is 5.91 Å². The van der Waals surface area contributed by atoms with Crippen LogP contribution < -0.4 is 9.64 Å². The van der Waals surface area contributed by atoms with E-state index < -0.39 is 11.5 Å². The highest BCUT2D eigenvalue weighted by Gasteiger charge is 2.68. The Hall–Kier alpha value is -3.73. The fourth-order valence-corrected chi connectivity index (χ4v) is 5.56. The molecule has 0 bridgehead atoms. The van der Waals surface area contributed by atoms with E-state index in [2.05, 4.69) is 0 Å². The molecule has 3 atom stereocenters. The van der Waals surface area contributed by atoms with Crippen LogP contribution in [0.5, 0.6) is 5.75 Å². The molecule has 1 saturated carbocycles. The summed E-state index contributed by atoms with van der Waals surface area (Å²) in [6.07, 6.45) is 0.176. The smallest absolute Gasteiger partial charge is 0.225 e. The van der Waals surface area contributed by atoms with E-state index in [1.54, 1.807) is 31.4 Å². The minimum absolute atomic E-state index is 0.176. The van der Waals surface area contributed by atoms with Gasteiger partial charge in [0.1, 0.15) is 5.75 Å². The molecule has 0 saturated heterocycles. The molecule has 5 heteroatoms. The summed E-state index contributed by atoms with van der Waals surface area (Å²) >= 11 is 0. The zero-order valence-electron chi connectivity index (χ0n) is 17.9. The van der Waals surface area contributed by atoms with E-state index in [-0.39, 0.29) is 29.8 Å². The van der Waals surface area contributed by atoms with Crippen molar-refractivity contribution in [1.29, 1.82) is 0 Å². The molecular formula is C27H23NO4. The SMILES string of the molecule is COc1cccc([C@@H]2[C@@H](c3ccccc3)CC(=O)[C@]23C(=O)c2ccccc2N3C(C)=O)c1. The van der Waals surface area contributed by atoms with Crippen LogP contribution in [0.15, 0.2) is 78.9 Å². The summed E-state index contributed by atoms with van der Waals surface area (Å²) in [6.45, 7) is 1.42. The molecule has 1 aliphatic heterocycles. The van der Waals surface area contributed by atoms with Crippen LogP contribution in [0.4, 0.5) is 5.69 Å². The summed E-state index contributed by atoms with van der Waals surface area (Å²) in [7, 11) is 1.59. The Morgan fingerprint density at radius 1 is 0.938 bits per heavy atom. The summed E-state index contributed by atoms with van der Waals surface area (Å²) in [5, 5.41) is 0. The second-order valence-corrected chi connectivity index (χ2v) is 8.37. The minimum Gasteiger partial charge on any atom is -0.497 e. The maximum Gasteiger partial charge on any atom is 0.225 e. The van der Waals surface area contributed by atoms with Crippen LogP contribution in [-0.2, 0) is 9.59 Å². The third kappa shape index (κ3) is 2.67. The Morgan fingerprint density at radius 2 is 1.62 bits per heavy atom. The topological polar surface area (TPSA) is 63.7 Å². The number of carbonyl (C=O) groups excluding carboxylic acids is 3. The van der Waals surface area contributed by atoms with Gasteiger partial charge in [-0.15, -0.1) is 0 Å². The van der Waals surface area contributed by atoms with Crippen LogP contribution in [0.1, 0.15) is 46.7 Å². The first-order valence-electron chi connectivity index (χ1n) is 10.7. The van der Waals surface area contributed by atoms with Gasteiger partial charge in [0, 0.05) is 30.7 Å². The quantitative estimate of drug-likeness (QED) is 0.579. The molecule has 0 radical (unpaired) electrons. The first-order chi connectivity index (χ1) is 15.5. The standard InChI is InChI=1S/C27H23NO4/c1-17(29)28-23-14-7-6-13-21(23)26(31)27(28)24(30)16-22(18-9-4-3-5-10-18)25(27)19-11-8-12-20(15-19)32-2/h3-15,22,25H,16H2,1-2H3/t22-,25-,27-/m1/s1. The first kappa shape index (κ1) is 20.2. The number of rotatable bonds is 3. The predicted octanol–water partition coefficient (Wildman–Crippen LogP) is 4.52. The van der Waals surface area contributed by atoms with Crippen molar-refractivity contribution in [3.63, 3.8) is 0 Å². The van der Waals surface area contributed by atoms with Crippen molar-refractivity contribution >= 4 is 23.2 Å². The average molecular weight is 425 g/mol. The summed E-state index contributed by atoms with van der Waals surface area (Å²) < 4.78 is 5.45.